The lowest BCUT2D eigenvalue weighted by atomic mass is 9.98. The molecular weight excluding hydrogens is 272 g/mol. The highest BCUT2D eigenvalue weighted by Crippen LogP contribution is 2.22. The van der Waals surface area contributed by atoms with Crippen molar-refractivity contribution in [2.75, 3.05) is 6.54 Å². The third-order valence-electron chi connectivity index (χ3n) is 4.44. The van der Waals surface area contributed by atoms with E-state index in [1.807, 2.05) is 41.3 Å². The number of nitriles is 1. The zero-order valence-corrected chi connectivity index (χ0v) is 12.9. The van der Waals surface area contributed by atoms with Gasteiger partial charge < -0.3 is 0 Å². The van der Waals surface area contributed by atoms with Gasteiger partial charge in [0.05, 0.1) is 11.6 Å². The Balaban J connectivity index is 1.63. The van der Waals surface area contributed by atoms with Crippen LogP contribution in [-0.4, -0.2) is 27.3 Å². The van der Waals surface area contributed by atoms with E-state index in [4.69, 9.17) is 5.26 Å². The molecule has 0 N–H and O–H groups in total. The van der Waals surface area contributed by atoms with E-state index in [1.54, 1.807) is 0 Å². The minimum atomic E-state index is 0.615. The zero-order valence-electron chi connectivity index (χ0n) is 12.9. The lowest BCUT2D eigenvalue weighted by Crippen LogP contribution is -2.39. The van der Waals surface area contributed by atoms with Crippen LogP contribution in [0.3, 0.4) is 0 Å². The number of piperidine rings is 1. The second-order valence-corrected chi connectivity index (χ2v) is 5.99. The summed E-state index contributed by atoms with van der Waals surface area (Å²) >= 11 is 0. The van der Waals surface area contributed by atoms with E-state index in [1.165, 1.54) is 24.8 Å². The normalized spacial score (nSPS) is 19.0. The highest BCUT2D eigenvalue weighted by Gasteiger charge is 2.22. The monoisotopic (exact) mass is 294 g/mol. The summed E-state index contributed by atoms with van der Waals surface area (Å²) in [4.78, 5) is 2.57. The van der Waals surface area contributed by atoms with Crippen molar-refractivity contribution in [1.29, 1.82) is 5.26 Å². The van der Waals surface area contributed by atoms with Crippen molar-refractivity contribution in [3.63, 3.8) is 0 Å². The van der Waals surface area contributed by atoms with E-state index in [2.05, 4.69) is 22.1 Å². The molecule has 22 heavy (non-hydrogen) atoms. The van der Waals surface area contributed by atoms with E-state index < -0.39 is 0 Å². The third kappa shape index (κ3) is 3.75. The van der Waals surface area contributed by atoms with Gasteiger partial charge in [0.1, 0.15) is 0 Å². The van der Waals surface area contributed by atoms with E-state index in [0.717, 1.165) is 31.6 Å². The maximum atomic E-state index is 9.04. The molecule has 114 valence electrons. The molecule has 2 heterocycles. The molecule has 0 unspecified atom stereocenters. The van der Waals surface area contributed by atoms with Crippen LogP contribution in [0.1, 0.15) is 36.8 Å². The first-order chi connectivity index (χ1) is 10.8. The highest BCUT2D eigenvalue weighted by atomic mass is 15.3. The van der Waals surface area contributed by atoms with Gasteiger partial charge in [-0.3, -0.25) is 9.58 Å². The van der Waals surface area contributed by atoms with Crippen molar-refractivity contribution < 1.29 is 0 Å². The number of hydrogen-bond donors (Lipinski definition) is 0. The van der Waals surface area contributed by atoms with Gasteiger partial charge in [-0.15, -0.1) is 0 Å². The summed E-state index contributed by atoms with van der Waals surface area (Å²) in [6.45, 7) is 3.08. The number of rotatable bonds is 5. The van der Waals surface area contributed by atoms with Crippen LogP contribution >= 0.6 is 0 Å². The first-order valence-corrected chi connectivity index (χ1v) is 8.05. The third-order valence-corrected chi connectivity index (χ3v) is 4.44. The SMILES string of the molecule is N#Cc1cccc(CN2CCCC[C@@H]2CCn2cccn2)c1. The van der Waals surface area contributed by atoms with E-state index >= 15 is 0 Å². The van der Waals surface area contributed by atoms with Gasteiger partial charge in [0.15, 0.2) is 0 Å². The zero-order chi connectivity index (χ0) is 15.2. The molecule has 0 aliphatic carbocycles. The van der Waals surface area contributed by atoms with Crippen molar-refractivity contribution in [2.24, 2.45) is 0 Å². The number of benzene rings is 1. The standard InChI is InChI=1S/C18H22N4/c19-14-16-5-3-6-17(13-16)15-21-10-2-1-7-18(21)8-12-22-11-4-9-20-22/h3-6,9,11,13,18H,1-2,7-8,10,12,15H2/t18-/m1/s1. The van der Waals surface area contributed by atoms with Crippen LogP contribution in [0.5, 0.6) is 0 Å². The predicted octanol–water partition coefficient (Wildman–Crippen LogP) is 3.20. The van der Waals surface area contributed by atoms with Gasteiger partial charge >= 0.3 is 0 Å². The van der Waals surface area contributed by atoms with Crippen LogP contribution in [0, 0.1) is 11.3 Å². The average Bonchev–Trinajstić information content (AvgIpc) is 3.08. The Labute approximate surface area is 132 Å². The van der Waals surface area contributed by atoms with Gasteiger partial charge in [-0.1, -0.05) is 18.6 Å². The molecule has 0 saturated carbocycles. The van der Waals surface area contributed by atoms with Crippen LogP contribution in [-0.2, 0) is 13.1 Å². The Morgan fingerprint density at radius 3 is 3.05 bits per heavy atom. The average molecular weight is 294 g/mol. The number of hydrogen-bond acceptors (Lipinski definition) is 3. The Hall–Kier alpha value is -2.12. The highest BCUT2D eigenvalue weighted by molar-refractivity contribution is 5.32. The second kappa shape index (κ2) is 7.24. The topological polar surface area (TPSA) is 44.9 Å². The largest absolute Gasteiger partial charge is 0.296 e. The van der Waals surface area contributed by atoms with Crippen molar-refractivity contribution in [3.8, 4) is 6.07 Å². The van der Waals surface area contributed by atoms with Crippen LogP contribution in [0.15, 0.2) is 42.7 Å². The van der Waals surface area contributed by atoms with Gasteiger partial charge in [0, 0.05) is 31.5 Å². The first-order valence-electron chi connectivity index (χ1n) is 8.05. The summed E-state index contributed by atoms with van der Waals surface area (Å²) in [6.07, 6.45) is 8.86. The molecule has 1 aromatic heterocycles. The fourth-order valence-electron chi connectivity index (χ4n) is 3.28. The summed E-state index contributed by atoms with van der Waals surface area (Å²) in [6, 6.07) is 12.8. The molecule has 1 aromatic carbocycles. The Bertz CT molecular complexity index is 627. The van der Waals surface area contributed by atoms with Gasteiger partial charge in [0.2, 0.25) is 0 Å². The van der Waals surface area contributed by atoms with E-state index in [9.17, 15) is 0 Å². The van der Waals surface area contributed by atoms with Crippen LogP contribution < -0.4 is 0 Å². The van der Waals surface area contributed by atoms with Gasteiger partial charge in [-0.05, 0) is 49.6 Å². The van der Waals surface area contributed by atoms with Crippen molar-refractivity contribution in [1.82, 2.24) is 14.7 Å². The minimum absolute atomic E-state index is 0.615. The summed E-state index contributed by atoms with van der Waals surface area (Å²) in [5.74, 6) is 0. The fraction of sp³-hybridized carbons (Fsp3) is 0.444. The Morgan fingerprint density at radius 1 is 1.27 bits per heavy atom. The molecule has 0 radical (unpaired) electrons. The van der Waals surface area contributed by atoms with E-state index in [0.29, 0.717) is 6.04 Å². The first kappa shape index (κ1) is 14.8. The minimum Gasteiger partial charge on any atom is -0.296 e. The number of nitrogens with zero attached hydrogens (tertiary/aromatic N) is 4. The molecule has 2 aromatic rings. The quantitative estimate of drug-likeness (QED) is 0.850. The summed E-state index contributed by atoms with van der Waals surface area (Å²) in [5, 5.41) is 13.3. The molecule has 1 saturated heterocycles. The van der Waals surface area contributed by atoms with Gasteiger partial charge in [0.25, 0.3) is 0 Å². The van der Waals surface area contributed by atoms with Crippen molar-refractivity contribution in [2.45, 2.75) is 44.8 Å². The molecule has 0 bridgehead atoms. The molecule has 1 fully saturated rings. The maximum Gasteiger partial charge on any atom is 0.0991 e. The fourth-order valence-corrected chi connectivity index (χ4v) is 3.28. The predicted molar refractivity (Wildman–Crippen MR) is 86.1 cm³/mol. The molecular formula is C18H22N4. The van der Waals surface area contributed by atoms with Crippen LogP contribution in [0.4, 0.5) is 0 Å². The Kier molecular flexibility index (Phi) is 4.87. The van der Waals surface area contributed by atoms with Crippen molar-refractivity contribution >= 4 is 0 Å². The van der Waals surface area contributed by atoms with Crippen molar-refractivity contribution in [3.05, 3.63) is 53.9 Å². The summed E-state index contributed by atoms with van der Waals surface area (Å²) in [7, 11) is 0. The Morgan fingerprint density at radius 2 is 2.23 bits per heavy atom. The number of aryl methyl sites for hydroxylation is 1. The molecule has 1 atom stereocenters. The smallest absolute Gasteiger partial charge is 0.0991 e. The number of likely N-dealkylation sites (tertiary alicyclic amines) is 1. The summed E-state index contributed by atoms with van der Waals surface area (Å²) < 4.78 is 2.02. The van der Waals surface area contributed by atoms with Crippen LogP contribution in [0.25, 0.3) is 0 Å². The molecule has 4 nitrogen and oxygen atoms in total. The molecule has 4 heteroatoms. The lowest BCUT2D eigenvalue weighted by molar-refractivity contribution is 0.127. The second-order valence-electron chi connectivity index (χ2n) is 5.99. The molecule has 1 aliphatic rings. The molecule has 1 aliphatic heterocycles. The molecule has 0 spiro atoms. The van der Waals surface area contributed by atoms with Crippen LogP contribution in [0.2, 0.25) is 0 Å². The lowest BCUT2D eigenvalue weighted by Gasteiger charge is -2.36. The molecule has 0 amide bonds. The number of aromatic nitrogens is 2. The van der Waals surface area contributed by atoms with E-state index in [-0.39, 0.29) is 0 Å². The summed E-state index contributed by atoms with van der Waals surface area (Å²) in [5.41, 5.74) is 1.99. The molecule has 3 rings (SSSR count). The maximum absolute atomic E-state index is 9.04. The van der Waals surface area contributed by atoms with Gasteiger partial charge in [-0.25, -0.2) is 0 Å². The van der Waals surface area contributed by atoms with Gasteiger partial charge in [-0.2, -0.15) is 10.4 Å².